The second-order valence-electron chi connectivity index (χ2n) is 25.0. The monoisotopic (exact) mass is 1260 g/mol. The molecule has 3 atom stereocenters. The Hall–Kier alpha value is -10.2. The molecule has 0 N–H and O–H groups in total. The average molecular weight is 1260 g/mol. The lowest BCUT2D eigenvalue weighted by Crippen LogP contribution is -2.57. The zero-order valence-electron chi connectivity index (χ0n) is 53.7. The molecule has 6 aliphatic heterocycles. The van der Waals surface area contributed by atoms with Gasteiger partial charge in [0.15, 0.2) is 23.0 Å². The average Bonchev–Trinajstić information content (AvgIpc) is 1.71. The Labute approximate surface area is 537 Å². The third-order valence-electron chi connectivity index (χ3n) is 17.9. The first kappa shape index (κ1) is 64.3. The fourth-order valence-electron chi connectivity index (χ4n) is 14.4. The summed E-state index contributed by atoms with van der Waals surface area (Å²) >= 11 is 0. The van der Waals surface area contributed by atoms with Crippen LogP contribution in [0.4, 0.5) is 43.4 Å². The zero-order chi connectivity index (χ0) is 67.0. The van der Waals surface area contributed by atoms with Crippen molar-refractivity contribution in [3.05, 3.63) is 241 Å². The first-order valence-corrected chi connectivity index (χ1v) is 30.5. The summed E-state index contributed by atoms with van der Waals surface area (Å²) in [6.45, 7) is 24.6. The Bertz CT molecular complexity index is 4490. The van der Waals surface area contributed by atoms with E-state index in [9.17, 15) is 41.7 Å². The third-order valence-corrected chi connectivity index (χ3v) is 17.9. The Balaban J connectivity index is 0.000000144. The third kappa shape index (κ3) is 10.5. The minimum absolute atomic E-state index is 0.0394. The van der Waals surface area contributed by atoms with Crippen molar-refractivity contribution in [1.82, 2.24) is 0 Å². The first-order valence-electron chi connectivity index (χ1n) is 30.5. The van der Waals surface area contributed by atoms with Crippen LogP contribution >= 0.6 is 0 Å². The van der Waals surface area contributed by atoms with Gasteiger partial charge in [-0.3, -0.25) is 19.5 Å². The SMILES string of the molecule is CC(=O)C1=C(C)N=C2Oc3ccccc3N2C1(c1cc(C)cc(C)c1)C(C)C.CC1=C(C#N)C(c2cc(C)cc(C(F)(F)F)c2)(C(C)C)N2C(=N1)Oc1ccccc12.Cc1cc(C(F)(F)F)cc(C2(C(C)C)C(C#N)=C(c3ccccc3)N=C3Oc4ccccc4N32)c1. The zero-order valence-corrected chi connectivity index (χ0v) is 53.7. The fourth-order valence-corrected chi connectivity index (χ4v) is 14.4. The lowest BCUT2D eigenvalue weighted by Gasteiger charge is -2.48. The normalized spacial score (nSPS) is 20.0. The number of ketones is 1. The predicted molar refractivity (Wildman–Crippen MR) is 349 cm³/mol. The van der Waals surface area contributed by atoms with Crippen molar-refractivity contribution in [1.29, 1.82) is 10.5 Å². The number of ether oxygens (including phenoxy) is 3. The number of para-hydroxylation sites is 6. The van der Waals surface area contributed by atoms with Crippen LogP contribution < -0.4 is 28.9 Å². The molecule has 0 aromatic heterocycles. The number of rotatable bonds is 8. The molecule has 93 heavy (non-hydrogen) atoms. The molecule has 6 heterocycles. The van der Waals surface area contributed by atoms with Gasteiger partial charge in [-0.25, -0.2) is 9.98 Å². The maximum absolute atomic E-state index is 13.9. The van der Waals surface area contributed by atoms with Crippen LogP contribution in [0.1, 0.15) is 118 Å². The Morgan fingerprint density at radius 1 is 0.452 bits per heavy atom. The number of nitrogens with zero attached hydrogens (tertiary/aromatic N) is 8. The van der Waals surface area contributed by atoms with E-state index in [4.69, 9.17) is 19.2 Å². The molecule has 0 saturated heterocycles. The van der Waals surface area contributed by atoms with Gasteiger partial charge in [0.25, 0.3) is 0 Å². The lowest BCUT2D eigenvalue weighted by molar-refractivity contribution is -0.138. The number of carbonyl (C=O) groups excluding carboxylic acids is 1. The number of benzene rings is 7. The van der Waals surface area contributed by atoms with Gasteiger partial charge in [0.2, 0.25) is 0 Å². The number of aliphatic imine (C=N–C) groups is 3. The molecule has 6 aliphatic rings. The molecule has 474 valence electrons. The van der Waals surface area contributed by atoms with Crippen LogP contribution in [0, 0.1) is 68.1 Å². The highest BCUT2D eigenvalue weighted by Gasteiger charge is 2.58. The summed E-state index contributed by atoms with van der Waals surface area (Å²) in [4.78, 5) is 32.5. The number of anilines is 3. The van der Waals surface area contributed by atoms with Crippen molar-refractivity contribution < 1.29 is 45.3 Å². The van der Waals surface area contributed by atoms with Crippen molar-refractivity contribution >= 4 is 46.6 Å². The molecule has 7 aromatic carbocycles. The number of hydrogen-bond donors (Lipinski definition) is 0. The van der Waals surface area contributed by atoms with Crippen LogP contribution in [-0.4, -0.2) is 23.8 Å². The molecule has 0 spiro atoms. The highest BCUT2D eigenvalue weighted by atomic mass is 19.4. The van der Waals surface area contributed by atoms with Crippen molar-refractivity contribution in [2.24, 2.45) is 32.7 Å². The Morgan fingerprint density at radius 2 is 0.796 bits per heavy atom. The van der Waals surface area contributed by atoms with E-state index >= 15 is 0 Å². The van der Waals surface area contributed by atoms with Gasteiger partial charge in [-0.2, -0.15) is 41.9 Å². The number of Topliss-reactive ketones (excluding diaryl/α,β-unsaturated/α-hetero) is 1. The van der Waals surface area contributed by atoms with Gasteiger partial charge in [0.05, 0.1) is 68.6 Å². The van der Waals surface area contributed by atoms with Crippen LogP contribution in [0.3, 0.4) is 0 Å². The summed E-state index contributed by atoms with van der Waals surface area (Å²) in [5, 5.41) is 20.7. The van der Waals surface area contributed by atoms with Crippen molar-refractivity contribution in [2.45, 2.75) is 119 Å². The summed E-state index contributed by atoms with van der Waals surface area (Å²) in [5.74, 6) is 1.39. The minimum atomic E-state index is -4.54. The van der Waals surface area contributed by atoms with Crippen LogP contribution in [0.25, 0.3) is 5.70 Å². The number of fused-ring (bicyclic) bond motifs is 9. The largest absolute Gasteiger partial charge is 0.423 e. The summed E-state index contributed by atoms with van der Waals surface area (Å²) in [6, 6.07) is 51.7. The summed E-state index contributed by atoms with van der Waals surface area (Å²) in [5.41, 5.74) is 6.20. The number of allylic oxidation sites excluding steroid dienone is 2. The quantitative estimate of drug-likeness (QED) is 0.136. The van der Waals surface area contributed by atoms with Gasteiger partial charge in [0, 0.05) is 11.1 Å². The summed E-state index contributed by atoms with van der Waals surface area (Å²) in [6.07, 6.45) is -9.04. The predicted octanol–water partition coefficient (Wildman–Crippen LogP) is 18.3. The van der Waals surface area contributed by atoms with Crippen LogP contribution in [0.5, 0.6) is 17.2 Å². The fraction of sp³-hybridized carbons (Fsp3) is 0.280. The molecule has 12 nitrogen and oxygen atoms in total. The van der Waals surface area contributed by atoms with E-state index in [1.165, 1.54) is 11.1 Å². The Kier molecular flexibility index (Phi) is 16.5. The van der Waals surface area contributed by atoms with Crippen LogP contribution in [0.2, 0.25) is 0 Å². The molecule has 0 bridgehead atoms. The van der Waals surface area contributed by atoms with E-state index in [0.717, 1.165) is 52.5 Å². The molecule has 7 aromatic rings. The van der Waals surface area contributed by atoms with Crippen molar-refractivity contribution in [3.63, 3.8) is 0 Å². The summed E-state index contributed by atoms with van der Waals surface area (Å²) in [7, 11) is 0. The topological polar surface area (TPSA) is 139 Å². The standard InChI is InChI=1S/C28H22F3N3O.C24H26N2O2.C23H20F3N3O/c1-17(2)27(20-13-18(3)14-21(15-20)28(29,30)31)22(16-32)25(19-9-5-4-6-10-19)33-26-34(27)23-11-7-8-12-24(23)35-26;1-14(2)24(19-12-15(3)11-16(4)13-19)22(18(6)27)17(5)25-23-26(24)20-9-7-8-10-21(20)28-23;1-13(2)22(16-9-14(3)10-17(11-16)23(24,25)26)18(12-27)15(4)28-21-29(22)19-7-5-6-8-20(19)30-21/h4-15,17H,1-3H3;7-14H,1-6H3;5-11,13H,1-4H3. The van der Waals surface area contributed by atoms with E-state index in [2.05, 4.69) is 72.9 Å². The molecular formula is C75H68F6N8O4. The number of nitriles is 2. The van der Waals surface area contributed by atoms with Gasteiger partial charge < -0.3 is 14.2 Å². The van der Waals surface area contributed by atoms with E-state index < -0.39 is 40.1 Å². The molecule has 18 heteroatoms. The second kappa shape index (κ2) is 23.8. The van der Waals surface area contributed by atoms with E-state index in [1.807, 2.05) is 126 Å². The molecule has 0 radical (unpaired) electrons. The Morgan fingerprint density at radius 3 is 1.18 bits per heavy atom. The van der Waals surface area contributed by atoms with Crippen molar-refractivity contribution in [3.8, 4) is 29.4 Å². The van der Waals surface area contributed by atoms with Crippen LogP contribution in [0.15, 0.2) is 201 Å². The van der Waals surface area contributed by atoms with Gasteiger partial charge in [-0.1, -0.05) is 161 Å². The molecule has 0 saturated carbocycles. The van der Waals surface area contributed by atoms with Gasteiger partial charge in [-0.05, 0) is 144 Å². The highest BCUT2D eigenvalue weighted by Crippen LogP contribution is 2.58. The molecule has 13 rings (SSSR count). The summed E-state index contributed by atoms with van der Waals surface area (Å²) < 4.78 is 101. The number of aryl methyl sites for hydroxylation is 4. The van der Waals surface area contributed by atoms with E-state index in [0.29, 0.717) is 73.7 Å². The molecule has 0 aliphatic carbocycles. The van der Waals surface area contributed by atoms with Crippen LogP contribution in [-0.2, 0) is 33.8 Å². The van der Waals surface area contributed by atoms with Crippen molar-refractivity contribution in [2.75, 3.05) is 14.7 Å². The highest BCUT2D eigenvalue weighted by molar-refractivity contribution is 6.10. The number of alkyl halides is 6. The smallest absolute Gasteiger partial charge is 0.416 e. The van der Waals surface area contributed by atoms with E-state index in [-0.39, 0.29) is 41.2 Å². The number of hydrogen-bond acceptors (Lipinski definition) is 12. The number of carbonyl (C=O) groups is 1. The second-order valence-corrected chi connectivity index (χ2v) is 25.0. The van der Waals surface area contributed by atoms with Gasteiger partial charge in [0.1, 0.15) is 16.6 Å². The maximum atomic E-state index is 13.9. The molecule has 0 amide bonds. The van der Waals surface area contributed by atoms with E-state index in [1.54, 1.807) is 61.8 Å². The van der Waals surface area contributed by atoms with Gasteiger partial charge >= 0.3 is 30.4 Å². The maximum Gasteiger partial charge on any atom is 0.416 e. The molecule has 0 fully saturated rings. The molecular weight excluding hydrogens is 1190 g/mol. The molecule has 3 unspecified atom stereocenters. The lowest BCUT2D eigenvalue weighted by atomic mass is 9.69. The number of halogens is 6. The number of amidine groups is 3. The first-order chi connectivity index (χ1) is 44.0. The minimum Gasteiger partial charge on any atom is -0.423 e. The van der Waals surface area contributed by atoms with Gasteiger partial charge in [-0.15, -0.1) is 0 Å².